The minimum atomic E-state index is -0.823. The molecule has 2 heterocycles. The molecule has 0 unspecified atom stereocenters. The molecule has 0 radical (unpaired) electrons. The number of carbonyl (C=O) groups is 3. The van der Waals surface area contributed by atoms with Gasteiger partial charge in [-0.05, 0) is 18.2 Å². The predicted molar refractivity (Wildman–Crippen MR) is 112 cm³/mol. The third kappa shape index (κ3) is 3.12. The topological polar surface area (TPSA) is 124 Å². The quantitative estimate of drug-likeness (QED) is 0.468. The maximum atomic E-state index is 13.1. The highest BCUT2D eigenvalue weighted by molar-refractivity contribution is 6.30. The molecule has 9 heteroatoms. The Kier molecular flexibility index (Phi) is 4.55. The third-order valence-electron chi connectivity index (χ3n) is 5.11. The van der Waals surface area contributed by atoms with Gasteiger partial charge < -0.3 is 5.32 Å². The molecule has 1 aliphatic rings. The molecule has 0 spiro atoms. The number of hydrogen-bond donors (Lipinski definition) is 1. The Morgan fingerprint density at radius 1 is 0.875 bits per heavy atom. The van der Waals surface area contributed by atoms with Crippen LogP contribution in [-0.4, -0.2) is 32.2 Å². The van der Waals surface area contributed by atoms with Gasteiger partial charge in [0.1, 0.15) is 12.2 Å². The lowest BCUT2D eigenvalue weighted by Gasteiger charge is -2.20. The largest absolute Gasteiger partial charge is 0.442 e. The second-order valence-corrected chi connectivity index (χ2v) is 7.05. The fraction of sp³-hybridized carbons (Fsp3) is 0.0435. The van der Waals surface area contributed by atoms with Crippen molar-refractivity contribution in [2.45, 2.75) is 6.54 Å². The van der Waals surface area contributed by atoms with Gasteiger partial charge in [-0.2, -0.15) is 0 Å². The highest BCUT2D eigenvalue weighted by Gasteiger charge is 2.31. The molecule has 32 heavy (non-hydrogen) atoms. The summed E-state index contributed by atoms with van der Waals surface area (Å²) >= 11 is 0. The van der Waals surface area contributed by atoms with Gasteiger partial charge in [0.05, 0.1) is 11.3 Å². The summed E-state index contributed by atoms with van der Waals surface area (Å²) in [6, 6.07) is 16.2. The van der Waals surface area contributed by atoms with Crippen molar-refractivity contribution in [1.29, 1.82) is 0 Å². The van der Waals surface area contributed by atoms with E-state index in [1.165, 1.54) is 12.3 Å². The first-order valence-corrected chi connectivity index (χ1v) is 9.64. The number of rotatable bonds is 4. The Morgan fingerprint density at radius 3 is 2.34 bits per heavy atom. The predicted octanol–water partition coefficient (Wildman–Crippen LogP) is 2.31. The smallest absolute Gasteiger partial charge is 0.324 e. The van der Waals surface area contributed by atoms with Crippen molar-refractivity contribution in [3.63, 3.8) is 0 Å². The number of anilines is 1. The molecule has 2 aromatic heterocycles. The normalized spacial score (nSPS) is 12.2. The highest BCUT2D eigenvalue weighted by atomic mass is 16.5. The molecule has 0 saturated heterocycles. The number of aromatic nitrogens is 3. The van der Waals surface area contributed by atoms with Crippen LogP contribution in [0, 0.1) is 0 Å². The van der Waals surface area contributed by atoms with Gasteiger partial charge >= 0.3 is 5.76 Å². The van der Waals surface area contributed by atoms with E-state index in [1.807, 2.05) is 0 Å². The summed E-state index contributed by atoms with van der Waals surface area (Å²) in [7, 11) is 0. The Labute approximate surface area is 180 Å². The van der Waals surface area contributed by atoms with Gasteiger partial charge in [-0.3, -0.25) is 23.9 Å². The molecule has 1 N–H and O–H groups in total. The zero-order valence-electron chi connectivity index (χ0n) is 16.4. The highest BCUT2D eigenvalue weighted by Crippen LogP contribution is 2.31. The van der Waals surface area contributed by atoms with Crippen LogP contribution in [0.5, 0.6) is 0 Å². The number of ketones is 2. The fourth-order valence-electron chi connectivity index (χ4n) is 3.67. The van der Waals surface area contributed by atoms with E-state index >= 15 is 0 Å². The van der Waals surface area contributed by atoms with E-state index in [0.29, 0.717) is 11.3 Å². The molecule has 0 fully saturated rings. The first-order valence-electron chi connectivity index (χ1n) is 9.64. The second-order valence-electron chi connectivity index (χ2n) is 7.05. The van der Waals surface area contributed by atoms with Crippen LogP contribution in [0.2, 0.25) is 0 Å². The molecule has 0 aliphatic heterocycles. The number of benzene rings is 2. The molecule has 0 saturated carbocycles. The summed E-state index contributed by atoms with van der Waals surface area (Å²) in [5, 5.41) is 6.33. The lowest BCUT2D eigenvalue weighted by molar-refractivity contribution is -0.116. The van der Waals surface area contributed by atoms with Crippen LogP contribution in [-0.2, 0) is 11.3 Å². The standard InChI is InChI=1S/C23H14N4O5/c28-18(12-27-22(26-32-23(27)31)17-9-3-4-11-24-17)25-16-10-5-8-15-19(16)21(30)14-7-2-1-6-13(14)20(15)29/h1-11H,12H2,(H,25,28). The molecule has 2 aromatic carbocycles. The number of nitrogens with zero attached hydrogens (tertiary/aromatic N) is 3. The van der Waals surface area contributed by atoms with Crippen molar-refractivity contribution in [1.82, 2.24) is 14.7 Å². The minimum absolute atomic E-state index is 0.0982. The summed E-state index contributed by atoms with van der Waals surface area (Å²) in [4.78, 5) is 54.9. The number of nitrogens with one attached hydrogen (secondary N) is 1. The summed E-state index contributed by atoms with van der Waals surface area (Å²) in [6.45, 7) is -0.420. The molecular weight excluding hydrogens is 412 g/mol. The summed E-state index contributed by atoms with van der Waals surface area (Å²) in [6.07, 6.45) is 1.52. The Bertz CT molecular complexity index is 1450. The molecule has 0 atom stereocenters. The first kappa shape index (κ1) is 19.3. The second kappa shape index (κ2) is 7.55. The maximum Gasteiger partial charge on any atom is 0.442 e. The fourth-order valence-corrected chi connectivity index (χ4v) is 3.67. The first-order chi connectivity index (χ1) is 15.5. The van der Waals surface area contributed by atoms with E-state index in [1.54, 1.807) is 54.6 Å². The summed E-state index contributed by atoms with van der Waals surface area (Å²) in [5.74, 6) is -1.97. The minimum Gasteiger partial charge on any atom is -0.324 e. The molecule has 0 bridgehead atoms. The number of fused-ring (bicyclic) bond motifs is 2. The van der Waals surface area contributed by atoms with Crippen LogP contribution >= 0.6 is 0 Å². The van der Waals surface area contributed by atoms with Crippen LogP contribution in [0.1, 0.15) is 31.8 Å². The Morgan fingerprint density at radius 2 is 1.59 bits per heavy atom. The van der Waals surface area contributed by atoms with E-state index in [2.05, 4.69) is 15.5 Å². The Balaban J connectivity index is 1.47. The molecule has 156 valence electrons. The summed E-state index contributed by atoms with van der Waals surface area (Å²) < 4.78 is 5.74. The van der Waals surface area contributed by atoms with Gasteiger partial charge in [-0.25, -0.2) is 9.36 Å². The van der Waals surface area contributed by atoms with Crippen LogP contribution < -0.4 is 11.1 Å². The van der Waals surface area contributed by atoms with Gasteiger partial charge in [0, 0.05) is 22.9 Å². The van der Waals surface area contributed by atoms with Gasteiger partial charge in [0.2, 0.25) is 11.7 Å². The van der Waals surface area contributed by atoms with Crippen molar-refractivity contribution in [2.75, 3.05) is 5.32 Å². The maximum absolute atomic E-state index is 13.1. The van der Waals surface area contributed by atoms with Crippen LogP contribution in [0.25, 0.3) is 11.5 Å². The summed E-state index contributed by atoms with van der Waals surface area (Å²) in [5.41, 5.74) is 1.48. The lowest BCUT2D eigenvalue weighted by atomic mass is 9.83. The van der Waals surface area contributed by atoms with Crippen LogP contribution in [0.4, 0.5) is 5.69 Å². The Hall–Kier alpha value is -4.66. The van der Waals surface area contributed by atoms with Crippen molar-refractivity contribution in [3.05, 3.63) is 99.7 Å². The molecular formula is C23H14N4O5. The van der Waals surface area contributed by atoms with Crippen molar-refractivity contribution in [3.8, 4) is 11.5 Å². The van der Waals surface area contributed by atoms with E-state index in [9.17, 15) is 19.2 Å². The van der Waals surface area contributed by atoms with E-state index in [0.717, 1.165) is 4.57 Å². The number of hydrogen-bond acceptors (Lipinski definition) is 7. The average molecular weight is 426 g/mol. The number of amides is 1. The van der Waals surface area contributed by atoms with Crippen molar-refractivity contribution in [2.24, 2.45) is 0 Å². The molecule has 1 aliphatic carbocycles. The molecule has 9 nitrogen and oxygen atoms in total. The number of pyridine rings is 1. The van der Waals surface area contributed by atoms with Gasteiger partial charge in [0.25, 0.3) is 0 Å². The molecule has 1 amide bonds. The monoisotopic (exact) mass is 426 g/mol. The van der Waals surface area contributed by atoms with Crippen molar-refractivity contribution >= 4 is 23.2 Å². The zero-order valence-corrected chi connectivity index (χ0v) is 16.4. The van der Waals surface area contributed by atoms with Gasteiger partial charge in [0.15, 0.2) is 11.6 Å². The van der Waals surface area contributed by atoms with E-state index < -0.39 is 18.2 Å². The SMILES string of the molecule is O=C(Cn1c(-c2ccccn2)noc1=O)Nc1cccc2c1C(=O)c1ccccc1C2=O. The van der Waals surface area contributed by atoms with E-state index in [-0.39, 0.29) is 39.8 Å². The molecule has 5 rings (SSSR count). The van der Waals surface area contributed by atoms with Gasteiger partial charge in [-0.1, -0.05) is 47.6 Å². The van der Waals surface area contributed by atoms with Gasteiger partial charge in [-0.15, -0.1) is 0 Å². The molecule has 4 aromatic rings. The average Bonchev–Trinajstić information content (AvgIpc) is 3.18. The lowest BCUT2D eigenvalue weighted by Crippen LogP contribution is -2.28. The van der Waals surface area contributed by atoms with E-state index in [4.69, 9.17) is 4.52 Å². The van der Waals surface area contributed by atoms with Crippen LogP contribution in [0.3, 0.4) is 0 Å². The third-order valence-corrected chi connectivity index (χ3v) is 5.11. The van der Waals surface area contributed by atoms with Crippen LogP contribution in [0.15, 0.2) is 76.2 Å². The van der Waals surface area contributed by atoms with Crippen molar-refractivity contribution < 1.29 is 18.9 Å². The zero-order chi connectivity index (χ0) is 22.2. The number of carbonyl (C=O) groups excluding carboxylic acids is 3.